The number of aromatic carboxylic acids is 1. The first-order chi connectivity index (χ1) is 10.8. The predicted octanol–water partition coefficient (Wildman–Crippen LogP) is 2.30. The number of carbonyl (C=O) groups excluding carboxylic acids is 1. The van der Waals surface area contributed by atoms with Gasteiger partial charge in [-0.15, -0.1) is 0 Å². The van der Waals surface area contributed by atoms with Crippen molar-refractivity contribution in [2.45, 2.75) is 27.2 Å². The minimum atomic E-state index is -0.977. The summed E-state index contributed by atoms with van der Waals surface area (Å²) in [7, 11) is 2.04. The highest BCUT2D eigenvalue weighted by Crippen LogP contribution is 2.08. The first-order valence-corrected chi connectivity index (χ1v) is 7.66. The number of carboxylic acids is 1. The molecular formula is C17H28N2O4. The molecule has 6 heteroatoms. The summed E-state index contributed by atoms with van der Waals surface area (Å²) >= 11 is 0. The zero-order valence-corrected chi connectivity index (χ0v) is 14.4. The molecule has 0 atom stereocenters. The minimum Gasteiger partial charge on any atom is -0.478 e. The molecule has 0 saturated heterocycles. The molecule has 1 aromatic carbocycles. The van der Waals surface area contributed by atoms with Crippen molar-refractivity contribution in [3.05, 3.63) is 29.8 Å². The summed E-state index contributed by atoms with van der Waals surface area (Å²) in [4.78, 5) is 23.2. The highest BCUT2D eigenvalue weighted by atomic mass is 16.4. The van der Waals surface area contributed by atoms with Gasteiger partial charge in [-0.25, -0.2) is 4.79 Å². The van der Waals surface area contributed by atoms with E-state index in [4.69, 9.17) is 10.2 Å². The lowest BCUT2D eigenvalue weighted by Crippen LogP contribution is -2.24. The Morgan fingerprint density at radius 3 is 2.13 bits per heavy atom. The third-order valence-electron chi connectivity index (χ3n) is 3.02. The summed E-state index contributed by atoms with van der Waals surface area (Å²) in [5.74, 6) is -0.390. The highest BCUT2D eigenvalue weighted by Gasteiger charge is 2.01. The molecule has 0 aliphatic heterocycles. The summed E-state index contributed by atoms with van der Waals surface area (Å²) in [5, 5.41) is 19.7. The lowest BCUT2D eigenvalue weighted by molar-refractivity contribution is -0.114. The van der Waals surface area contributed by atoms with Crippen LogP contribution in [0.15, 0.2) is 24.3 Å². The second-order valence-electron chi connectivity index (χ2n) is 5.77. The molecule has 3 N–H and O–H groups in total. The van der Waals surface area contributed by atoms with E-state index < -0.39 is 5.97 Å². The molecule has 0 saturated carbocycles. The number of nitrogens with zero attached hydrogens (tertiary/aromatic N) is 1. The lowest BCUT2D eigenvalue weighted by atomic mass is 10.1. The van der Waals surface area contributed by atoms with Crippen molar-refractivity contribution in [2.24, 2.45) is 5.92 Å². The number of benzene rings is 1. The molecule has 1 aromatic rings. The molecule has 130 valence electrons. The summed E-state index contributed by atoms with van der Waals surface area (Å²) in [5.41, 5.74) is 0.798. The quantitative estimate of drug-likeness (QED) is 0.716. The second kappa shape index (κ2) is 11.6. The van der Waals surface area contributed by atoms with Gasteiger partial charge in [0.2, 0.25) is 5.91 Å². The molecule has 0 heterocycles. The molecule has 0 unspecified atom stereocenters. The van der Waals surface area contributed by atoms with E-state index in [1.165, 1.54) is 25.5 Å². The van der Waals surface area contributed by atoms with Crippen molar-refractivity contribution < 1.29 is 19.8 Å². The summed E-state index contributed by atoms with van der Waals surface area (Å²) < 4.78 is 0. The number of aliphatic hydroxyl groups is 1. The van der Waals surface area contributed by atoms with E-state index in [0.717, 1.165) is 19.0 Å². The number of nitrogens with one attached hydrogen (secondary N) is 1. The molecule has 0 radical (unpaired) electrons. The Morgan fingerprint density at radius 2 is 1.74 bits per heavy atom. The van der Waals surface area contributed by atoms with E-state index in [1.807, 2.05) is 7.05 Å². The number of aliphatic hydroxyl groups excluding tert-OH is 1. The first kappa shape index (κ1) is 21.1. The van der Waals surface area contributed by atoms with Crippen LogP contribution >= 0.6 is 0 Å². The van der Waals surface area contributed by atoms with Crippen molar-refractivity contribution in [2.75, 3.05) is 32.1 Å². The highest BCUT2D eigenvalue weighted by molar-refractivity contribution is 5.91. The van der Waals surface area contributed by atoms with Gasteiger partial charge in [-0.05, 0) is 50.2 Å². The molecule has 1 amide bonds. The molecule has 0 fully saturated rings. The van der Waals surface area contributed by atoms with E-state index in [-0.39, 0.29) is 18.1 Å². The summed E-state index contributed by atoms with van der Waals surface area (Å²) in [6.45, 7) is 7.99. The van der Waals surface area contributed by atoms with Crippen LogP contribution in [0.5, 0.6) is 0 Å². The molecule has 6 nitrogen and oxygen atoms in total. The SMILES string of the molecule is CC(=O)Nc1ccc(C(=O)O)cc1.CC(C)CCN(C)CCO. The number of hydrogen-bond acceptors (Lipinski definition) is 4. The van der Waals surface area contributed by atoms with Crippen molar-refractivity contribution >= 4 is 17.6 Å². The Bertz CT molecular complexity index is 472. The fourth-order valence-corrected chi connectivity index (χ4v) is 1.66. The van der Waals surface area contributed by atoms with Crippen LogP contribution in [0.25, 0.3) is 0 Å². The molecule has 0 aliphatic rings. The van der Waals surface area contributed by atoms with Crippen molar-refractivity contribution in [3.63, 3.8) is 0 Å². The molecule has 1 rings (SSSR count). The van der Waals surface area contributed by atoms with Crippen LogP contribution < -0.4 is 5.32 Å². The maximum absolute atomic E-state index is 10.6. The predicted molar refractivity (Wildman–Crippen MR) is 91.7 cm³/mol. The second-order valence-corrected chi connectivity index (χ2v) is 5.77. The van der Waals surface area contributed by atoms with Crippen LogP contribution in [-0.2, 0) is 4.79 Å². The number of hydrogen-bond donors (Lipinski definition) is 3. The first-order valence-electron chi connectivity index (χ1n) is 7.66. The van der Waals surface area contributed by atoms with Gasteiger partial charge in [-0.1, -0.05) is 13.8 Å². The largest absolute Gasteiger partial charge is 0.478 e. The standard InChI is InChI=1S/C9H9NO3.C8H19NO/c1-6(11)10-8-4-2-7(3-5-8)9(12)13;1-8(2)4-5-9(3)6-7-10/h2-5H,1H3,(H,10,11)(H,12,13);8,10H,4-7H2,1-3H3. The Balaban J connectivity index is 0.000000438. The van der Waals surface area contributed by atoms with Gasteiger partial charge in [0.1, 0.15) is 0 Å². The smallest absolute Gasteiger partial charge is 0.335 e. The topological polar surface area (TPSA) is 89.9 Å². The summed E-state index contributed by atoms with van der Waals surface area (Å²) in [6.07, 6.45) is 1.22. The molecular weight excluding hydrogens is 296 g/mol. The van der Waals surface area contributed by atoms with Crippen LogP contribution in [0.1, 0.15) is 37.6 Å². The lowest BCUT2D eigenvalue weighted by Gasteiger charge is -2.15. The zero-order chi connectivity index (χ0) is 17.8. The Kier molecular flexibility index (Phi) is 10.7. The fourth-order valence-electron chi connectivity index (χ4n) is 1.66. The maximum Gasteiger partial charge on any atom is 0.335 e. The normalized spacial score (nSPS) is 10.2. The van der Waals surface area contributed by atoms with Gasteiger partial charge >= 0.3 is 5.97 Å². The minimum absolute atomic E-state index is 0.178. The number of rotatable bonds is 7. The van der Waals surface area contributed by atoms with E-state index in [2.05, 4.69) is 24.1 Å². The van der Waals surface area contributed by atoms with Crippen LogP contribution in [0.2, 0.25) is 0 Å². The van der Waals surface area contributed by atoms with E-state index in [9.17, 15) is 9.59 Å². The van der Waals surface area contributed by atoms with Crippen molar-refractivity contribution in [1.29, 1.82) is 0 Å². The Labute approximate surface area is 138 Å². The Hall–Kier alpha value is -1.92. The summed E-state index contributed by atoms with van der Waals surface area (Å²) in [6, 6.07) is 5.97. The number of likely N-dealkylation sites (N-methyl/N-ethyl adjacent to an activating group) is 1. The van der Waals surface area contributed by atoms with Crippen molar-refractivity contribution in [1.82, 2.24) is 4.90 Å². The van der Waals surface area contributed by atoms with Crippen LogP contribution in [-0.4, -0.2) is 53.7 Å². The van der Waals surface area contributed by atoms with E-state index in [1.54, 1.807) is 12.1 Å². The van der Waals surface area contributed by atoms with Crippen LogP contribution in [0, 0.1) is 5.92 Å². The van der Waals surface area contributed by atoms with Crippen molar-refractivity contribution in [3.8, 4) is 0 Å². The van der Waals surface area contributed by atoms with Gasteiger partial charge in [0, 0.05) is 19.2 Å². The average Bonchev–Trinajstić information content (AvgIpc) is 2.46. The van der Waals surface area contributed by atoms with Gasteiger partial charge in [0.15, 0.2) is 0 Å². The van der Waals surface area contributed by atoms with E-state index in [0.29, 0.717) is 5.69 Å². The van der Waals surface area contributed by atoms with Gasteiger partial charge in [-0.3, -0.25) is 4.79 Å². The van der Waals surface area contributed by atoms with Gasteiger partial charge in [0.05, 0.1) is 12.2 Å². The number of anilines is 1. The number of amides is 1. The number of carboxylic acid groups (broad SMARTS) is 1. The zero-order valence-electron chi connectivity index (χ0n) is 14.4. The van der Waals surface area contributed by atoms with Gasteiger partial charge in [-0.2, -0.15) is 0 Å². The number of carbonyl (C=O) groups is 2. The Morgan fingerprint density at radius 1 is 1.17 bits per heavy atom. The molecule has 0 aliphatic carbocycles. The molecule has 0 aromatic heterocycles. The van der Waals surface area contributed by atoms with Gasteiger partial charge < -0.3 is 20.4 Å². The fraction of sp³-hybridized carbons (Fsp3) is 0.529. The molecule has 0 spiro atoms. The third-order valence-corrected chi connectivity index (χ3v) is 3.02. The maximum atomic E-state index is 10.6. The third kappa shape index (κ3) is 11.3. The van der Waals surface area contributed by atoms with Gasteiger partial charge in [0.25, 0.3) is 0 Å². The molecule has 0 bridgehead atoms. The average molecular weight is 324 g/mol. The van der Waals surface area contributed by atoms with Crippen LogP contribution in [0.3, 0.4) is 0 Å². The van der Waals surface area contributed by atoms with E-state index >= 15 is 0 Å². The monoisotopic (exact) mass is 324 g/mol. The van der Waals surface area contributed by atoms with Crippen LogP contribution in [0.4, 0.5) is 5.69 Å². The molecule has 23 heavy (non-hydrogen) atoms.